The average molecular weight is 705 g/mol. The number of esters is 4. The SMILES string of the molecule is CC(=O)OC1C(=O)C2(O)COC(OC(=O)CC(C)C)C2(C)C2CC(O)C3(C(C)=O)C(C(OC(C)=O)C4C3C(C)C=C3OC(=O)C(C)(O)C34C)C12. The van der Waals surface area contributed by atoms with Crippen LogP contribution in [0.2, 0.25) is 0 Å². The molecule has 3 saturated carbocycles. The summed E-state index contributed by atoms with van der Waals surface area (Å²) in [5.41, 5.74) is -9.64. The van der Waals surface area contributed by atoms with E-state index in [9.17, 15) is 44.1 Å². The maximum Gasteiger partial charge on any atom is 0.343 e. The van der Waals surface area contributed by atoms with Crippen LogP contribution in [0.25, 0.3) is 0 Å². The molecular formula is C36H48O14. The molecule has 2 saturated heterocycles. The highest BCUT2D eigenvalue weighted by molar-refractivity contribution is 5.96. The van der Waals surface area contributed by atoms with Gasteiger partial charge in [0.05, 0.1) is 29.0 Å². The van der Waals surface area contributed by atoms with E-state index >= 15 is 0 Å². The number of rotatable bonds is 6. The van der Waals surface area contributed by atoms with E-state index in [1.165, 1.54) is 20.8 Å². The van der Waals surface area contributed by atoms with Gasteiger partial charge in [0.15, 0.2) is 17.3 Å². The standard InChI is InChI=1S/C36H48O14/c1-14(2)10-22(41)50-31-32(7)19-12-20(40)36(16(4)37)24-15(3)11-21-33(8,34(9,44)30(43)49-21)26(24)28(48-18(6)39)25(36)23(19)27(47-17(5)38)29(42)35(32,45)13-46-31/h11,14-15,19-20,23-28,31,40,44-45H,10,12-13H2,1-9H3. The predicted molar refractivity (Wildman–Crippen MR) is 168 cm³/mol. The molecular weight excluding hydrogens is 656 g/mol. The lowest BCUT2D eigenvalue weighted by Crippen LogP contribution is -2.74. The highest BCUT2D eigenvalue weighted by atomic mass is 16.7. The van der Waals surface area contributed by atoms with Gasteiger partial charge in [0.25, 0.3) is 0 Å². The third kappa shape index (κ3) is 4.34. The van der Waals surface area contributed by atoms with Gasteiger partial charge in [-0.1, -0.05) is 20.8 Å². The first-order valence-electron chi connectivity index (χ1n) is 17.3. The molecule has 3 N–H and O–H groups in total. The summed E-state index contributed by atoms with van der Waals surface area (Å²) in [6, 6.07) is 0. The van der Waals surface area contributed by atoms with Crippen molar-refractivity contribution >= 4 is 35.4 Å². The molecule has 14 heteroatoms. The van der Waals surface area contributed by atoms with Crippen LogP contribution in [0.15, 0.2) is 11.8 Å². The lowest BCUT2D eigenvalue weighted by molar-refractivity contribution is -0.254. The van der Waals surface area contributed by atoms with Gasteiger partial charge in [0.1, 0.15) is 17.6 Å². The largest absolute Gasteiger partial charge is 0.462 e. The number of hydrogen-bond acceptors (Lipinski definition) is 14. The van der Waals surface area contributed by atoms with E-state index in [0.29, 0.717) is 0 Å². The van der Waals surface area contributed by atoms with Crippen LogP contribution in [-0.2, 0) is 52.5 Å². The van der Waals surface area contributed by atoms with Gasteiger partial charge in [-0.15, -0.1) is 0 Å². The smallest absolute Gasteiger partial charge is 0.343 e. The summed E-state index contributed by atoms with van der Waals surface area (Å²) in [7, 11) is 0. The normalized spacial score (nSPS) is 48.7. The number of Topliss-reactive ketones (excluding diaryl/α,β-unsaturated/α-hetero) is 2. The van der Waals surface area contributed by atoms with Crippen molar-refractivity contribution in [2.24, 2.45) is 57.7 Å². The Balaban J connectivity index is 1.63. The molecule has 5 fully saturated rings. The van der Waals surface area contributed by atoms with Crippen LogP contribution in [0.3, 0.4) is 0 Å². The highest BCUT2D eigenvalue weighted by Gasteiger charge is 2.84. The van der Waals surface area contributed by atoms with E-state index in [1.807, 2.05) is 13.8 Å². The number of carbonyl (C=O) groups excluding carboxylic acids is 6. The van der Waals surface area contributed by atoms with Crippen molar-refractivity contribution in [1.82, 2.24) is 0 Å². The van der Waals surface area contributed by atoms with Crippen LogP contribution in [0.4, 0.5) is 0 Å². The predicted octanol–water partition coefficient (Wildman–Crippen LogP) is 1.40. The van der Waals surface area contributed by atoms with Crippen LogP contribution in [-0.4, -0.2) is 93.2 Å². The number of fused-ring (bicyclic) bond motifs is 9. The molecule has 14 nitrogen and oxygen atoms in total. The molecule has 0 bridgehead atoms. The summed E-state index contributed by atoms with van der Waals surface area (Å²) in [4.78, 5) is 81.1. The molecule has 15 unspecified atom stereocenters. The first kappa shape index (κ1) is 36.6. The molecule has 0 radical (unpaired) electrons. The van der Waals surface area contributed by atoms with Crippen molar-refractivity contribution in [2.45, 2.75) is 111 Å². The van der Waals surface area contributed by atoms with E-state index in [1.54, 1.807) is 19.9 Å². The Labute approximate surface area is 290 Å². The number of hydrogen-bond donors (Lipinski definition) is 3. The molecule has 0 aromatic heterocycles. The first-order chi connectivity index (χ1) is 23.0. The summed E-state index contributed by atoms with van der Waals surface area (Å²) in [6.45, 7) is 12.7. The van der Waals surface area contributed by atoms with Crippen LogP contribution >= 0.6 is 0 Å². The van der Waals surface area contributed by atoms with E-state index in [-0.39, 0.29) is 24.5 Å². The second-order valence-corrected chi connectivity index (χ2v) is 16.4. The average Bonchev–Trinajstić information content (AvgIpc) is 3.51. The van der Waals surface area contributed by atoms with E-state index in [2.05, 4.69) is 0 Å². The van der Waals surface area contributed by atoms with E-state index < -0.39 is 130 Å². The third-order valence-corrected chi connectivity index (χ3v) is 13.5. The molecule has 2 heterocycles. The fourth-order valence-electron chi connectivity index (χ4n) is 11.3. The summed E-state index contributed by atoms with van der Waals surface area (Å²) >= 11 is 0. The molecule has 0 aromatic rings. The second-order valence-electron chi connectivity index (χ2n) is 16.4. The van der Waals surface area contributed by atoms with Gasteiger partial charge in [-0.05, 0) is 63.9 Å². The minimum absolute atomic E-state index is 0.00951. The Morgan fingerprint density at radius 1 is 0.960 bits per heavy atom. The van der Waals surface area contributed by atoms with Crippen molar-refractivity contribution in [3.8, 4) is 0 Å². The molecule has 6 aliphatic rings. The van der Waals surface area contributed by atoms with Gasteiger partial charge in [0, 0.05) is 38.0 Å². The van der Waals surface area contributed by atoms with Gasteiger partial charge >= 0.3 is 23.9 Å². The fraction of sp³-hybridized carbons (Fsp3) is 0.778. The summed E-state index contributed by atoms with van der Waals surface area (Å²) < 4.78 is 29.2. The molecule has 0 aromatic carbocycles. The zero-order valence-corrected chi connectivity index (χ0v) is 29.9. The second kappa shape index (κ2) is 11.4. The van der Waals surface area contributed by atoms with E-state index in [0.717, 1.165) is 13.8 Å². The maximum absolute atomic E-state index is 14.7. The molecule has 6 rings (SSSR count). The monoisotopic (exact) mass is 704 g/mol. The molecule has 15 atom stereocenters. The Morgan fingerprint density at radius 2 is 1.58 bits per heavy atom. The van der Waals surface area contributed by atoms with Gasteiger partial charge in [-0.3, -0.25) is 24.0 Å². The molecule has 0 amide bonds. The quantitative estimate of drug-likeness (QED) is 0.264. The Hall–Kier alpha value is -3.20. The first-order valence-corrected chi connectivity index (χ1v) is 17.3. The Kier molecular flexibility index (Phi) is 8.34. The number of aliphatic hydroxyl groups is 3. The summed E-state index contributed by atoms with van der Waals surface area (Å²) in [5, 5.41) is 36.6. The van der Waals surface area contributed by atoms with Crippen molar-refractivity contribution in [1.29, 1.82) is 0 Å². The zero-order valence-electron chi connectivity index (χ0n) is 29.9. The van der Waals surface area contributed by atoms with Crippen molar-refractivity contribution < 1.29 is 67.8 Å². The number of aliphatic hydroxyl groups excluding tert-OH is 1. The van der Waals surface area contributed by atoms with Crippen molar-refractivity contribution in [2.75, 3.05) is 6.61 Å². The van der Waals surface area contributed by atoms with Crippen LogP contribution in [0.5, 0.6) is 0 Å². The minimum Gasteiger partial charge on any atom is -0.462 e. The topological polar surface area (TPSA) is 209 Å². The maximum atomic E-state index is 14.7. The molecule has 0 spiro atoms. The molecule has 2 aliphatic heterocycles. The van der Waals surface area contributed by atoms with Gasteiger partial charge in [0.2, 0.25) is 12.1 Å². The Bertz CT molecular complexity index is 1580. The number of ether oxygens (including phenoxy) is 5. The lowest BCUT2D eigenvalue weighted by Gasteiger charge is -2.62. The molecule has 4 aliphatic carbocycles. The summed E-state index contributed by atoms with van der Waals surface area (Å²) in [6.07, 6.45) is -4.65. The van der Waals surface area contributed by atoms with Crippen LogP contribution < -0.4 is 0 Å². The van der Waals surface area contributed by atoms with Crippen molar-refractivity contribution in [3.63, 3.8) is 0 Å². The third-order valence-electron chi connectivity index (χ3n) is 13.5. The van der Waals surface area contributed by atoms with Crippen LogP contribution in [0, 0.1) is 57.7 Å². The zero-order chi connectivity index (χ0) is 37.3. The Morgan fingerprint density at radius 3 is 2.14 bits per heavy atom. The lowest BCUT2D eigenvalue weighted by atomic mass is 9.42. The van der Waals surface area contributed by atoms with E-state index in [4.69, 9.17) is 23.7 Å². The highest BCUT2D eigenvalue weighted by Crippen LogP contribution is 2.75. The van der Waals surface area contributed by atoms with Gasteiger partial charge in [-0.2, -0.15) is 0 Å². The fourth-order valence-corrected chi connectivity index (χ4v) is 11.3. The van der Waals surface area contributed by atoms with Crippen molar-refractivity contribution in [3.05, 3.63) is 11.8 Å². The van der Waals surface area contributed by atoms with Gasteiger partial charge in [-0.25, -0.2) is 4.79 Å². The summed E-state index contributed by atoms with van der Waals surface area (Å²) in [5.74, 6) is -10.7. The minimum atomic E-state index is -2.36. The number of carbonyl (C=O) groups is 6. The van der Waals surface area contributed by atoms with Gasteiger partial charge < -0.3 is 39.0 Å². The molecule has 276 valence electrons. The number of allylic oxidation sites excluding steroid dienone is 1. The number of ketones is 2. The molecule has 50 heavy (non-hydrogen) atoms. The van der Waals surface area contributed by atoms with Crippen LogP contribution in [0.1, 0.15) is 75.2 Å².